The van der Waals surface area contributed by atoms with E-state index in [1.165, 1.54) is 21.5 Å². The van der Waals surface area contributed by atoms with E-state index in [9.17, 15) is 0 Å². The first-order valence-electron chi connectivity index (χ1n) is 22.2. The fourth-order valence-electron chi connectivity index (χ4n) is 9.05. The predicted molar refractivity (Wildman–Crippen MR) is 276 cm³/mol. The molecule has 0 saturated heterocycles. The molecule has 0 aliphatic rings. The molecule has 0 saturated carbocycles. The maximum absolute atomic E-state index is 2.35. The van der Waals surface area contributed by atoms with E-state index in [0.29, 0.717) is 0 Å². The zero-order valence-corrected chi connectivity index (χ0v) is 35.8. The Bertz CT molecular complexity index is 3110. The summed E-state index contributed by atoms with van der Waals surface area (Å²) in [7, 11) is 0. The highest BCUT2D eigenvalue weighted by molar-refractivity contribution is 6.00. The second kappa shape index (κ2) is 17.6. The standard InChI is InChI=1S/C62H45N3/c1-4-20-52(21-5-1)63(55-38-30-46(31-39-55)48-34-42-57(43-35-48)64(53-22-6-2-7-23-53)61-28-14-18-50-16-10-12-26-59(50)61)56-40-32-47(33-41-56)49-36-44-58(45-37-49)65(54-24-8-3-9-25-54)62-29-15-19-51-17-11-13-27-60(51)62/h1-45H. The molecule has 0 aliphatic heterocycles. The fraction of sp³-hybridized carbons (Fsp3) is 0. The van der Waals surface area contributed by atoms with Gasteiger partial charge >= 0.3 is 0 Å². The van der Waals surface area contributed by atoms with Crippen LogP contribution in [-0.2, 0) is 0 Å². The van der Waals surface area contributed by atoms with Crippen molar-refractivity contribution in [3.05, 3.63) is 273 Å². The third-order valence-corrected chi connectivity index (χ3v) is 12.2. The maximum Gasteiger partial charge on any atom is 0.0540 e. The topological polar surface area (TPSA) is 9.72 Å². The van der Waals surface area contributed by atoms with Gasteiger partial charge in [-0.25, -0.2) is 0 Å². The molecule has 0 aromatic heterocycles. The second-order valence-corrected chi connectivity index (χ2v) is 16.2. The summed E-state index contributed by atoms with van der Waals surface area (Å²) in [6, 6.07) is 97.7. The lowest BCUT2D eigenvalue weighted by Crippen LogP contribution is -2.10. The average Bonchev–Trinajstić information content (AvgIpc) is 3.39. The third-order valence-electron chi connectivity index (χ3n) is 12.2. The predicted octanol–water partition coefficient (Wildman–Crippen LogP) is 17.7. The van der Waals surface area contributed by atoms with E-state index in [1.54, 1.807) is 0 Å². The van der Waals surface area contributed by atoms with Crippen LogP contribution in [0, 0.1) is 0 Å². The smallest absolute Gasteiger partial charge is 0.0540 e. The lowest BCUT2D eigenvalue weighted by atomic mass is 10.0. The SMILES string of the molecule is c1ccc(N(c2ccc(-c3ccc(N(c4ccccc4)c4cccc5ccccc45)cc3)cc2)c2ccc(-c3ccc(N(c4ccccc4)c4cccc5ccccc45)cc3)cc2)cc1. The van der Waals surface area contributed by atoms with Crippen molar-refractivity contribution in [3.8, 4) is 22.3 Å². The third kappa shape index (κ3) is 7.88. The Balaban J connectivity index is 0.870. The molecule has 11 aromatic carbocycles. The molecule has 65 heavy (non-hydrogen) atoms. The molecular weight excluding hydrogens is 787 g/mol. The van der Waals surface area contributed by atoms with Crippen molar-refractivity contribution >= 4 is 72.7 Å². The second-order valence-electron chi connectivity index (χ2n) is 16.2. The summed E-state index contributed by atoms with van der Waals surface area (Å²) in [5.74, 6) is 0. The molecule has 11 aromatic rings. The van der Waals surface area contributed by atoms with Gasteiger partial charge in [-0.1, -0.05) is 176 Å². The van der Waals surface area contributed by atoms with Gasteiger partial charge in [0.1, 0.15) is 0 Å². The van der Waals surface area contributed by atoms with Crippen molar-refractivity contribution in [2.45, 2.75) is 0 Å². The van der Waals surface area contributed by atoms with Crippen LogP contribution >= 0.6 is 0 Å². The zero-order valence-electron chi connectivity index (χ0n) is 35.8. The number of nitrogens with zero attached hydrogens (tertiary/aromatic N) is 3. The molecule has 0 spiro atoms. The summed E-state index contributed by atoms with van der Waals surface area (Å²) < 4.78 is 0. The van der Waals surface area contributed by atoms with Crippen LogP contribution in [0.25, 0.3) is 43.8 Å². The van der Waals surface area contributed by atoms with Gasteiger partial charge in [0.05, 0.1) is 11.4 Å². The van der Waals surface area contributed by atoms with Crippen LogP contribution in [0.1, 0.15) is 0 Å². The number of hydrogen-bond donors (Lipinski definition) is 0. The van der Waals surface area contributed by atoms with E-state index in [2.05, 4.69) is 288 Å². The largest absolute Gasteiger partial charge is 0.311 e. The Labute approximate surface area is 381 Å². The Morgan fingerprint density at radius 3 is 0.754 bits per heavy atom. The van der Waals surface area contributed by atoms with E-state index in [0.717, 1.165) is 73.4 Å². The van der Waals surface area contributed by atoms with Crippen LogP contribution < -0.4 is 14.7 Å². The molecule has 0 atom stereocenters. The monoisotopic (exact) mass is 831 g/mol. The van der Waals surface area contributed by atoms with Gasteiger partial charge in [0, 0.05) is 50.6 Å². The molecule has 0 unspecified atom stereocenters. The molecule has 0 radical (unpaired) electrons. The van der Waals surface area contributed by atoms with Crippen molar-refractivity contribution < 1.29 is 0 Å². The average molecular weight is 832 g/mol. The number of benzene rings is 11. The summed E-state index contributed by atoms with van der Waals surface area (Å²) >= 11 is 0. The van der Waals surface area contributed by atoms with Crippen LogP contribution in [0.2, 0.25) is 0 Å². The van der Waals surface area contributed by atoms with Crippen LogP contribution in [0.3, 0.4) is 0 Å². The van der Waals surface area contributed by atoms with Crippen molar-refractivity contribution in [3.63, 3.8) is 0 Å². The zero-order chi connectivity index (χ0) is 43.4. The summed E-state index contributed by atoms with van der Waals surface area (Å²) in [6.07, 6.45) is 0. The molecular formula is C62H45N3. The molecule has 11 rings (SSSR count). The highest BCUT2D eigenvalue weighted by Crippen LogP contribution is 2.42. The Hall–Kier alpha value is -8.66. The minimum Gasteiger partial charge on any atom is -0.311 e. The first kappa shape index (κ1) is 39.2. The van der Waals surface area contributed by atoms with Gasteiger partial charge in [-0.3, -0.25) is 0 Å². The lowest BCUT2D eigenvalue weighted by molar-refractivity contribution is 1.28. The number of anilines is 9. The minimum atomic E-state index is 1.09. The molecule has 0 aliphatic carbocycles. The molecule has 0 fully saturated rings. The van der Waals surface area contributed by atoms with Gasteiger partial charge in [0.15, 0.2) is 0 Å². The van der Waals surface area contributed by atoms with E-state index in [1.807, 2.05) is 0 Å². The van der Waals surface area contributed by atoms with Crippen LogP contribution in [0.5, 0.6) is 0 Å². The number of para-hydroxylation sites is 3. The normalized spacial score (nSPS) is 11.1. The van der Waals surface area contributed by atoms with Crippen molar-refractivity contribution in [2.24, 2.45) is 0 Å². The summed E-state index contributed by atoms with van der Waals surface area (Å²) in [4.78, 5) is 7.02. The minimum absolute atomic E-state index is 1.09. The highest BCUT2D eigenvalue weighted by Gasteiger charge is 2.18. The first-order chi connectivity index (χ1) is 32.2. The van der Waals surface area contributed by atoms with Crippen molar-refractivity contribution in [2.75, 3.05) is 14.7 Å². The molecule has 0 amide bonds. The molecule has 0 heterocycles. The molecule has 3 nitrogen and oxygen atoms in total. The van der Waals surface area contributed by atoms with Gasteiger partial charge in [-0.15, -0.1) is 0 Å². The van der Waals surface area contributed by atoms with Crippen molar-refractivity contribution in [1.82, 2.24) is 0 Å². The highest BCUT2D eigenvalue weighted by atomic mass is 15.2. The Morgan fingerprint density at radius 2 is 0.415 bits per heavy atom. The summed E-state index contributed by atoms with van der Waals surface area (Å²) in [6.45, 7) is 0. The number of hydrogen-bond acceptors (Lipinski definition) is 3. The van der Waals surface area contributed by atoms with E-state index >= 15 is 0 Å². The number of fused-ring (bicyclic) bond motifs is 2. The van der Waals surface area contributed by atoms with Gasteiger partial charge in [-0.05, 0) is 130 Å². The van der Waals surface area contributed by atoms with E-state index in [4.69, 9.17) is 0 Å². The van der Waals surface area contributed by atoms with Crippen molar-refractivity contribution in [1.29, 1.82) is 0 Å². The maximum atomic E-state index is 2.35. The lowest BCUT2D eigenvalue weighted by Gasteiger charge is -2.27. The molecule has 3 heteroatoms. The van der Waals surface area contributed by atoms with Gasteiger partial charge in [0.2, 0.25) is 0 Å². The summed E-state index contributed by atoms with van der Waals surface area (Å²) in [5.41, 5.74) is 14.7. The quantitative estimate of drug-likeness (QED) is 0.129. The summed E-state index contributed by atoms with van der Waals surface area (Å²) in [5, 5.41) is 4.87. The van der Waals surface area contributed by atoms with Crippen LogP contribution in [0.4, 0.5) is 51.2 Å². The van der Waals surface area contributed by atoms with Crippen LogP contribution in [-0.4, -0.2) is 0 Å². The Kier molecular flexibility index (Phi) is 10.6. The van der Waals surface area contributed by atoms with Gasteiger partial charge in [0.25, 0.3) is 0 Å². The van der Waals surface area contributed by atoms with E-state index < -0.39 is 0 Å². The molecule has 308 valence electrons. The van der Waals surface area contributed by atoms with Gasteiger partial charge < -0.3 is 14.7 Å². The number of rotatable bonds is 11. The fourth-order valence-corrected chi connectivity index (χ4v) is 9.05. The first-order valence-corrected chi connectivity index (χ1v) is 22.2. The molecule has 0 N–H and O–H groups in total. The van der Waals surface area contributed by atoms with Gasteiger partial charge in [-0.2, -0.15) is 0 Å². The molecule has 0 bridgehead atoms. The van der Waals surface area contributed by atoms with E-state index in [-0.39, 0.29) is 0 Å². The Morgan fingerprint density at radius 1 is 0.169 bits per heavy atom. The van der Waals surface area contributed by atoms with Crippen LogP contribution in [0.15, 0.2) is 273 Å².